The third kappa shape index (κ3) is 2.26. The fraction of sp³-hybridized carbons (Fsp3) is 0.300. The van der Waals surface area contributed by atoms with Crippen LogP contribution >= 0.6 is 0 Å². The van der Waals surface area contributed by atoms with E-state index in [0.717, 1.165) is 11.3 Å². The van der Waals surface area contributed by atoms with E-state index in [0.29, 0.717) is 19.6 Å². The Kier molecular flexibility index (Phi) is 2.84. The van der Waals surface area contributed by atoms with Gasteiger partial charge in [0.1, 0.15) is 0 Å². The van der Waals surface area contributed by atoms with E-state index in [-0.39, 0.29) is 5.91 Å². The van der Waals surface area contributed by atoms with Crippen molar-refractivity contribution in [3.05, 3.63) is 29.8 Å². The normalized spacial score (nSPS) is 15.5. The summed E-state index contributed by atoms with van der Waals surface area (Å²) < 4.78 is 0. The second-order valence-electron chi connectivity index (χ2n) is 3.41. The molecule has 80 valence electrons. The van der Waals surface area contributed by atoms with Crippen molar-refractivity contribution in [1.82, 2.24) is 5.43 Å². The van der Waals surface area contributed by atoms with Crippen LogP contribution in [-0.2, 0) is 16.2 Å². The molecule has 1 fully saturated rings. The summed E-state index contributed by atoms with van der Waals surface area (Å²) >= 11 is 0. The van der Waals surface area contributed by atoms with E-state index in [1.54, 1.807) is 0 Å². The summed E-state index contributed by atoms with van der Waals surface area (Å²) in [6.07, 6.45) is 0.549. The Morgan fingerprint density at radius 2 is 2.13 bits per heavy atom. The molecule has 0 unspecified atom stereocenters. The Bertz CT molecular complexity index is 350. The molecule has 1 saturated heterocycles. The van der Waals surface area contributed by atoms with Crippen molar-refractivity contribution in [3.8, 4) is 0 Å². The van der Waals surface area contributed by atoms with Crippen LogP contribution in [0.4, 0.5) is 5.69 Å². The lowest BCUT2D eigenvalue weighted by atomic mass is 10.2. The molecule has 1 aromatic rings. The van der Waals surface area contributed by atoms with Gasteiger partial charge in [-0.3, -0.25) is 20.1 Å². The van der Waals surface area contributed by atoms with Gasteiger partial charge in [0.2, 0.25) is 5.91 Å². The molecule has 0 atom stereocenters. The second-order valence-corrected chi connectivity index (χ2v) is 3.41. The van der Waals surface area contributed by atoms with E-state index in [2.05, 4.69) is 10.3 Å². The van der Waals surface area contributed by atoms with Crippen molar-refractivity contribution < 1.29 is 9.63 Å². The topological polar surface area (TPSA) is 67.6 Å². The number of hydrazine groups is 1. The molecule has 1 aliphatic rings. The fourth-order valence-corrected chi connectivity index (χ4v) is 1.54. The maximum absolute atomic E-state index is 11.0. The average Bonchev–Trinajstić information content (AvgIpc) is 2.67. The lowest BCUT2D eigenvalue weighted by Crippen LogP contribution is -2.32. The number of hydrogen-bond acceptors (Lipinski definition) is 4. The number of nitrogens with one attached hydrogen (secondary N) is 1. The quantitative estimate of drug-likeness (QED) is 0.700. The van der Waals surface area contributed by atoms with Gasteiger partial charge in [0.25, 0.3) is 0 Å². The van der Waals surface area contributed by atoms with Crippen LogP contribution in [0.15, 0.2) is 24.3 Å². The summed E-state index contributed by atoms with van der Waals surface area (Å²) in [7, 11) is 0. The zero-order chi connectivity index (χ0) is 10.7. The summed E-state index contributed by atoms with van der Waals surface area (Å²) in [6.45, 7) is 1.11. The van der Waals surface area contributed by atoms with Gasteiger partial charge in [0.05, 0.1) is 12.3 Å². The molecule has 1 aromatic carbocycles. The van der Waals surface area contributed by atoms with Gasteiger partial charge in [-0.2, -0.15) is 0 Å². The smallest absolute Gasteiger partial charge is 0.240 e. The highest BCUT2D eigenvalue weighted by molar-refractivity contribution is 5.81. The predicted octanol–water partition coefficient (Wildman–Crippen LogP) is 0.318. The number of carbonyl (C=O) groups is 1. The van der Waals surface area contributed by atoms with Crippen molar-refractivity contribution in [2.45, 2.75) is 13.0 Å². The highest BCUT2D eigenvalue weighted by Crippen LogP contribution is 2.16. The lowest BCUT2D eigenvalue weighted by molar-refractivity contribution is -0.119. The second kappa shape index (κ2) is 4.29. The van der Waals surface area contributed by atoms with Crippen molar-refractivity contribution in [1.29, 1.82) is 0 Å². The molecular weight excluding hydrogens is 194 g/mol. The summed E-state index contributed by atoms with van der Waals surface area (Å²) in [5.74, 6) is 5.03. The molecule has 0 saturated carbocycles. The van der Waals surface area contributed by atoms with Gasteiger partial charge in [0.15, 0.2) is 0 Å². The molecule has 0 radical (unpaired) electrons. The number of carbonyl (C=O) groups excluding carboxylic acids is 1. The van der Waals surface area contributed by atoms with Crippen LogP contribution in [-0.4, -0.2) is 12.5 Å². The highest BCUT2D eigenvalue weighted by atomic mass is 16.6. The molecule has 0 aliphatic carbocycles. The minimum atomic E-state index is 0.0596. The first-order chi connectivity index (χ1) is 7.29. The van der Waals surface area contributed by atoms with Gasteiger partial charge in [-0.25, -0.2) is 5.90 Å². The van der Waals surface area contributed by atoms with Gasteiger partial charge in [0, 0.05) is 13.0 Å². The molecule has 0 spiro atoms. The standard InChI is InChI=1S/C10H13N3O2/c11-15-7-8-1-3-9(4-2-8)13-6-5-10(14)12-13/h1-4H,5-7,11H2,(H,12,14). The number of nitrogens with two attached hydrogens (primary N) is 1. The van der Waals surface area contributed by atoms with Gasteiger partial charge in [-0.15, -0.1) is 0 Å². The van der Waals surface area contributed by atoms with Gasteiger partial charge in [-0.1, -0.05) is 12.1 Å². The first-order valence-electron chi connectivity index (χ1n) is 4.77. The number of anilines is 1. The van der Waals surface area contributed by atoms with E-state index >= 15 is 0 Å². The minimum absolute atomic E-state index is 0.0596. The first kappa shape index (κ1) is 9.95. The molecule has 0 bridgehead atoms. The van der Waals surface area contributed by atoms with E-state index in [1.165, 1.54) is 0 Å². The lowest BCUT2D eigenvalue weighted by Gasteiger charge is -2.17. The Balaban J connectivity index is 2.06. The Labute approximate surface area is 87.7 Å². The predicted molar refractivity (Wildman–Crippen MR) is 55.5 cm³/mol. The maximum atomic E-state index is 11.0. The molecule has 15 heavy (non-hydrogen) atoms. The highest BCUT2D eigenvalue weighted by Gasteiger charge is 2.18. The van der Waals surface area contributed by atoms with Crippen LogP contribution in [0.1, 0.15) is 12.0 Å². The van der Waals surface area contributed by atoms with E-state index in [1.807, 2.05) is 29.3 Å². The minimum Gasteiger partial charge on any atom is -0.300 e. The molecule has 1 heterocycles. The monoisotopic (exact) mass is 207 g/mol. The largest absolute Gasteiger partial charge is 0.300 e. The molecule has 1 amide bonds. The third-order valence-corrected chi connectivity index (χ3v) is 2.32. The van der Waals surface area contributed by atoms with Crippen molar-refractivity contribution in [2.75, 3.05) is 11.6 Å². The van der Waals surface area contributed by atoms with Gasteiger partial charge in [-0.05, 0) is 17.7 Å². The summed E-state index contributed by atoms with van der Waals surface area (Å²) in [6, 6.07) is 7.71. The molecule has 5 nitrogen and oxygen atoms in total. The van der Waals surface area contributed by atoms with Crippen LogP contribution in [0.2, 0.25) is 0 Å². The fourth-order valence-electron chi connectivity index (χ4n) is 1.54. The van der Waals surface area contributed by atoms with Crippen molar-refractivity contribution >= 4 is 11.6 Å². The first-order valence-corrected chi connectivity index (χ1v) is 4.77. The molecule has 3 N–H and O–H groups in total. The van der Waals surface area contributed by atoms with Gasteiger partial charge < -0.3 is 0 Å². The van der Waals surface area contributed by atoms with Crippen LogP contribution in [0.25, 0.3) is 0 Å². The maximum Gasteiger partial charge on any atom is 0.240 e. The number of hydrogen-bond donors (Lipinski definition) is 2. The third-order valence-electron chi connectivity index (χ3n) is 2.32. The van der Waals surface area contributed by atoms with Crippen molar-refractivity contribution in [3.63, 3.8) is 0 Å². The van der Waals surface area contributed by atoms with E-state index in [9.17, 15) is 4.79 Å². The molecule has 0 aromatic heterocycles. The van der Waals surface area contributed by atoms with Crippen LogP contribution in [0, 0.1) is 0 Å². The molecule has 5 heteroatoms. The molecular formula is C10H13N3O2. The number of rotatable bonds is 3. The molecule has 1 aliphatic heterocycles. The number of nitrogens with zero attached hydrogens (tertiary/aromatic N) is 1. The van der Waals surface area contributed by atoms with Crippen LogP contribution < -0.4 is 16.3 Å². The summed E-state index contributed by atoms with van der Waals surface area (Å²) in [4.78, 5) is 15.5. The summed E-state index contributed by atoms with van der Waals surface area (Å²) in [5, 5.41) is 1.83. The number of amides is 1. The Hall–Kier alpha value is -1.59. The zero-order valence-corrected chi connectivity index (χ0v) is 8.27. The van der Waals surface area contributed by atoms with Gasteiger partial charge >= 0.3 is 0 Å². The SMILES string of the molecule is NOCc1ccc(N2CCC(=O)N2)cc1. The Morgan fingerprint density at radius 1 is 1.40 bits per heavy atom. The van der Waals surface area contributed by atoms with Crippen molar-refractivity contribution in [2.24, 2.45) is 5.90 Å². The van der Waals surface area contributed by atoms with Crippen LogP contribution in [0.3, 0.4) is 0 Å². The van der Waals surface area contributed by atoms with Crippen LogP contribution in [0.5, 0.6) is 0 Å². The Morgan fingerprint density at radius 3 is 2.67 bits per heavy atom. The number of benzene rings is 1. The summed E-state index contributed by atoms with van der Waals surface area (Å²) in [5.41, 5.74) is 4.74. The van der Waals surface area contributed by atoms with E-state index < -0.39 is 0 Å². The average molecular weight is 207 g/mol. The zero-order valence-electron chi connectivity index (χ0n) is 8.27. The van der Waals surface area contributed by atoms with E-state index in [4.69, 9.17) is 5.90 Å². The molecule has 2 rings (SSSR count).